The van der Waals surface area contributed by atoms with Crippen LogP contribution in [-0.4, -0.2) is 24.5 Å². The summed E-state index contributed by atoms with van der Waals surface area (Å²) in [6.45, 7) is 8.40. The number of hydrogen-bond acceptors (Lipinski definition) is 2. The third kappa shape index (κ3) is 4.30. The molecule has 0 aromatic carbocycles. The predicted octanol–water partition coefficient (Wildman–Crippen LogP) is 2.46. The molecule has 0 aromatic rings. The van der Waals surface area contributed by atoms with Crippen molar-refractivity contribution in [1.82, 2.24) is 10.6 Å². The Morgan fingerprint density at radius 2 is 2.24 bits per heavy atom. The van der Waals surface area contributed by atoms with Gasteiger partial charge in [-0.1, -0.05) is 27.2 Å². The maximum Gasteiger partial charge on any atom is 0.240 e. The van der Waals surface area contributed by atoms with Crippen molar-refractivity contribution in [2.75, 3.05) is 13.1 Å². The first-order valence-corrected chi connectivity index (χ1v) is 7.14. The monoisotopic (exact) mass is 240 g/mol. The summed E-state index contributed by atoms with van der Waals surface area (Å²) in [7, 11) is 0. The third-order valence-corrected chi connectivity index (χ3v) is 3.60. The van der Waals surface area contributed by atoms with Gasteiger partial charge >= 0.3 is 0 Å². The average Bonchev–Trinajstić information content (AvgIpc) is 2.74. The van der Waals surface area contributed by atoms with E-state index in [1.807, 2.05) is 0 Å². The third-order valence-electron chi connectivity index (χ3n) is 3.60. The van der Waals surface area contributed by atoms with Gasteiger partial charge in [0.05, 0.1) is 5.54 Å². The summed E-state index contributed by atoms with van der Waals surface area (Å²) in [4.78, 5) is 12.2. The zero-order chi connectivity index (χ0) is 12.7. The largest absolute Gasteiger partial charge is 0.354 e. The molecule has 1 atom stereocenters. The maximum atomic E-state index is 12.2. The molecule has 1 unspecified atom stereocenters. The van der Waals surface area contributed by atoms with Crippen LogP contribution < -0.4 is 10.6 Å². The highest BCUT2D eigenvalue weighted by Gasteiger charge is 2.39. The molecule has 0 bridgehead atoms. The number of nitrogens with one attached hydrogen (secondary N) is 2. The van der Waals surface area contributed by atoms with Gasteiger partial charge in [-0.25, -0.2) is 0 Å². The molecule has 1 amide bonds. The molecule has 0 spiro atoms. The van der Waals surface area contributed by atoms with E-state index in [2.05, 4.69) is 31.4 Å². The Labute approximate surface area is 106 Å². The summed E-state index contributed by atoms with van der Waals surface area (Å²) in [5, 5.41) is 6.51. The topological polar surface area (TPSA) is 41.1 Å². The van der Waals surface area contributed by atoms with E-state index in [1.165, 1.54) is 6.42 Å². The Bertz CT molecular complexity index is 232. The lowest BCUT2D eigenvalue weighted by Crippen LogP contribution is -2.53. The molecule has 0 saturated carbocycles. The van der Waals surface area contributed by atoms with Gasteiger partial charge in [-0.05, 0) is 44.6 Å². The van der Waals surface area contributed by atoms with Crippen LogP contribution in [0, 0.1) is 5.92 Å². The molecule has 3 nitrogen and oxygen atoms in total. The fraction of sp³-hybridized carbons (Fsp3) is 0.929. The molecule has 0 radical (unpaired) electrons. The van der Waals surface area contributed by atoms with Crippen LogP contribution in [0.3, 0.4) is 0 Å². The van der Waals surface area contributed by atoms with Crippen molar-refractivity contribution in [2.24, 2.45) is 5.92 Å². The summed E-state index contributed by atoms with van der Waals surface area (Å²) in [6.07, 6.45) is 6.42. The molecule has 1 aliphatic rings. The van der Waals surface area contributed by atoms with Crippen molar-refractivity contribution in [1.29, 1.82) is 0 Å². The molecule has 1 saturated heterocycles. The van der Waals surface area contributed by atoms with Crippen molar-refractivity contribution in [2.45, 2.75) is 64.8 Å². The van der Waals surface area contributed by atoms with Crippen LogP contribution in [-0.2, 0) is 4.79 Å². The van der Waals surface area contributed by atoms with Crippen molar-refractivity contribution in [3.8, 4) is 0 Å². The van der Waals surface area contributed by atoms with Crippen LogP contribution in [0.1, 0.15) is 59.3 Å². The smallest absolute Gasteiger partial charge is 0.240 e. The van der Waals surface area contributed by atoms with Gasteiger partial charge in [0.15, 0.2) is 0 Å². The summed E-state index contributed by atoms with van der Waals surface area (Å²) < 4.78 is 0. The van der Waals surface area contributed by atoms with Crippen molar-refractivity contribution < 1.29 is 4.79 Å². The molecule has 2 N–H and O–H groups in total. The molecular formula is C14H28N2O. The number of carbonyl (C=O) groups excluding carboxylic acids is 1. The van der Waals surface area contributed by atoms with Gasteiger partial charge in [-0.15, -0.1) is 0 Å². The lowest BCUT2D eigenvalue weighted by Gasteiger charge is -2.27. The van der Waals surface area contributed by atoms with Crippen LogP contribution in [0.25, 0.3) is 0 Å². The van der Waals surface area contributed by atoms with Gasteiger partial charge in [0.2, 0.25) is 5.91 Å². The molecule has 1 aliphatic heterocycles. The Balaban J connectivity index is 2.33. The van der Waals surface area contributed by atoms with E-state index < -0.39 is 0 Å². The van der Waals surface area contributed by atoms with Gasteiger partial charge < -0.3 is 10.6 Å². The van der Waals surface area contributed by atoms with E-state index in [-0.39, 0.29) is 11.4 Å². The van der Waals surface area contributed by atoms with E-state index in [0.29, 0.717) is 0 Å². The second-order valence-electron chi connectivity index (χ2n) is 5.65. The Hall–Kier alpha value is -0.570. The zero-order valence-electron chi connectivity index (χ0n) is 11.6. The lowest BCUT2D eigenvalue weighted by molar-refractivity contribution is -0.127. The zero-order valence-corrected chi connectivity index (χ0v) is 11.6. The first-order chi connectivity index (χ1) is 8.10. The van der Waals surface area contributed by atoms with Crippen molar-refractivity contribution >= 4 is 5.91 Å². The van der Waals surface area contributed by atoms with E-state index >= 15 is 0 Å². The fourth-order valence-corrected chi connectivity index (χ4v) is 2.64. The second kappa shape index (κ2) is 7.00. The van der Waals surface area contributed by atoms with Crippen LogP contribution in [0.4, 0.5) is 0 Å². The summed E-state index contributed by atoms with van der Waals surface area (Å²) >= 11 is 0. The van der Waals surface area contributed by atoms with Crippen molar-refractivity contribution in [3.05, 3.63) is 0 Å². The van der Waals surface area contributed by atoms with Gasteiger partial charge in [-0.2, -0.15) is 0 Å². The molecule has 1 rings (SSSR count). The summed E-state index contributed by atoms with van der Waals surface area (Å²) in [5.41, 5.74) is -0.257. The standard InChI is InChI=1S/C14H28N2O/c1-4-8-14(9-6-11-16-14)13(17)15-10-5-7-12(2)3/h12,16H,4-11H2,1-3H3,(H,15,17). The van der Waals surface area contributed by atoms with Crippen LogP contribution in [0.2, 0.25) is 0 Å². The minimum atomic E-state index is -0.257. The van der Waals surface area contributed by atoms with E-state index in [9.17, 15) is 4.79 Å². The molecule has 17 heavy (non-hydrogen) atoms. The number of hydrogen-bond donors (Lipinski definition) is 2. The molecule has 100 valence electrons. The van der Waals surface area contributed by atoms with Crippen LogP contribution >= 0.6 is 0 Å². The quantitative estimate of drug-likeness (QED) is 0.671. The normalized spacial score (nSPS) is 24.2. The molecular weight excluding hydrogens is 212 g/mol. The highest BCUT2D eigenvalue weighted by molar-refractivity contribution is 5.86. The van der Waals surface area contributed by atoms with Gasteiger partial charge in [0, 0.05) is 6.54 Å². The second-order valence-corrected chi connectivity index (χ2v) is 5.65. The van der Waals surface area contributed by atoms with Crippen LogP contribution in [0.15, 0.2) is 0 Å². The molecule has 3 heteroatoms. The summed E-state index contributed by atoms with van der Waals surface area (Å²) in [5.74, 6) is 0.946. The van der Waals surface area contributed by atoms with Gasteiger partial charge in [0.1, 0.15) is 0 Å². The highest BCUT2D eigenvalue weighted by Crippen LogP contribution is 2.24. The van der Waals surface area contributed by atoms with Gasteiger partial charge in [0.25, 0.3) is 0 Å². The Morgan fingerprint density at radius 3 is 2.76 bits per heavy atom. The highest BCUT2D eigenvalue weighted by atomic mass is 16.2. The fourth-order valence-electron chi connectivity index (χ4n) is 2.64. The summed E-state index contributed by atoms with van der Waals surface area (Å²) in [6, 6.07) is 0. The average molecular weight is 240 g/mol. The number of carbonyl (C=O) groups is 1. The molecule has 0 aromatic heterocycles. The maximum absolute atomic E-state index is 12.2. The van der Waals surface area contributed by atoms with E-state index in [4.69, 9.17) is 0 Å². The van der Waals surface area contributed by atoms with E-state index in [1.54, 1.807) is 0 Å². The van der Waals surface area contributed by atoms with Crippen LogP contribution in [0.5, 0.6) is 0 Å². The predicted molar refractivity (Wildman–Crippen MR) is 72.0 cm³/mol. The number of amides is 1. The first kappa shape index (κ1) is 14.5. The minimum absolute atomic E-state index is 0.223. The molecule has 1 fully saturated rings. The SMILES string of the molecule is CCCC1(C(=O)NCCCC(C)C)CCCN1. The van der Waals surface area contributed by atoms with Gasteiger partial charge in [-0.3, -0.25) is 4.79 Å². The lowest BCUT2D eigenvalue weighted by atomic mass is 9.91. The van der Waals surface area contributed by atoms with Crippen molar-refractivity contribution in [3.63, 3.8) is 0 Å². The Morgan fingerprint density at radius 1 is 1.47 bits per heavy atom. The molecule has 1 heterocycles. The molecule has 0 aliphatic carbocycles. The number of rotatable bonds is 7. The Kier molecular flexibility index (Phi) is 5.96. The first-order valence-electron chi connectivity index (χ1n) is 7.14. The minimum Gasteiger partial charge on any atom is -0.354 e. The van der Waals surface area contributed by atoms with E-state index in [0.717, 1.165) is 51.1 Å².